The average Bonchev–Trinajstić information content (AvgIpc) is 3.10. The van der Waals surface area contributed by atoms with E-state index in [4.69, 9.17) is 21.1 Å². The molecule has 0 amide bonds. The van der Waals surface area contributed by atoms with Crippen molar-refractivity contribution in [3.63, 3.8) is 0 Å². The summed E-state index contributed by atoms with van der Waals surface area (Å²) < 4.78 is 30.8. The Kier molecular flexibility index (Phi) is 5.51. The number of halogens is 2. The Bertz CT molecular complexity index is 948. The summed E-state index contributed by atoms with van der Waals surface area (Å²) in [6.07, 6.45) is -0.748. The van der Waals surface area contributed by atoms with Gasteiger partial charge in [0.05, 0.1) is 7.11 Å². The standard InChI is InChI=1S/C17H14ClFN4O4/c1-10(16(24)25-2)26-12-4-6-13(7-5-12)27-17-20-21-22-23(17)15-8-3-11(18)9-14(15)19/h3-10H,1-2H3. The molecule has 1 atom stereocenters. The molecule has 3 rings (SSSR count). The van der Waals surface area contributed by atoms with Gasteiger partial charge in [0.2, 0.25) is 0 Å². The quantitative estimate of drug-likeness (QED) is 0.595. The molecule has 0 aliphatic carbocycles. The molecule has 10 heteroatoms. The smallest absolute Gasteiger partial charge is 0.346 e. The van der Waals surface area contributed by atoms with Gasteiger partial charge in [0.15, 0.2) is 11.9 Å². The first-order chi connectivity index (χ1) is 13.0. The summed E-state index contributed by atoms with van der Waals surface area (Å²) in [5, 5.41) is 11.2. The van der Waals surface area contributed by atoms with Crippen molar-refractivity contribution in [1.82, 2.24) is 20.2 Å². The highest BCUT2D eigenvalue weighted by atomic mass is 35.5. The van der Waals surface area contributed by atoms with Gasteiger partial charge in [0.1, 0.15) is 17.2 Å². The molecule has 0 saturated carbocycles. The van der Waals surface area contributed by atoms with Gasteiger partial charge < -0.3 is 14.2 Å². The summed E-state index contributed by atoms with van der Waals surface area (Å²) in [6, 6.07) is 10.5. The molecule has 0 saturated heterocycles. The van der Waals surface area contributed by atoms with Crippen LogP contribution in [-0.2, 0) is 9.53 Å². The van der Waals surface area contributed by atoms with Crippen molar-refractivity contribution in [3.8, 4) is 23.2 Å². The van der Waals surface area contributed by atoms with Crippen LogP contribution in [0, 0.1) is 5.82 Å². The first kappa shape index (κ1) is 18.6. The van der Waals surface area contributed by atoms with E-state index in [2.05, 4.69) is 20.3 Å². The van der Waals surface area contributed by atoms with E-state index in [9.17, 15) is 9.18 Å². The molecule has 0 N–H and O–H groups in total. The Morgan fingerprint density at radius 3 is 2.56 bits per heavy atom. The van der Waals surface area contributed by atoms with Crippen molar-refractivity contribution in [3.05, 3.63) is 53.3 Å². The van der Waals surface area contributed by atoms with Gasteiger partial charge >= 0.3 is 12.0 Å². The van der Waals surface area contributed by atoms with Gasteiger partial charge in [-0.2, -0.15) is 4.68 Å². The monoisotopic (exact) mass is 392 g/mol. The molecule has 0 fully saturated rings. The molecule has 0 aliphatic heterocycles. The molecular weight excluding hydrogens is 379 g/mol. The number of rotatable bonds is 6. The highest BCUT2D eigenvalue weighted by molar-refractivity contribution is 6.30. The predicted octanol–water partition coefficient (Wildman–Crippen LogP) is 3.19. The Hall–Kier alpha value is -3.20. The number of aromatic nitrogens is 4. The minimum Gasteiger partial charge on any atom is -0.479 e. The molecule has 140 valence electrons. The van der Waals surface area contributed by atoms with E-state index in [0.29, 0.717) is 11.5 Å². The maximum Gasteiger partial charge on any atom is 0.346 e. The normalized spacial score (nSPS) is 11.7. The third kappa shape index (κ3) is 4.32. The van der Waals surface area contributed by atoms with Crippen LogP contribution in [0.4, 0.5) is 4.39 Å². The van der Waals surface area contributed by atoms with Crippen LogP contribution in [-0.4, -0.2) is 39.4 Å². The van der Waals surface area contributed by atoms with Crippen molar-refractivity contribution in [2.75, 3.05) is 7.11 Å². The van der Waals surface area contributed by atoms with E-state index >= 15 is 0 Å². The van der Waals surface area contributed by atoms with Crippen LogP contribution in [0.5, 0.6) is 17.5 Å². The van der Waals surface area contributed by atoms with Crippen LogP contribution in [0.15, 0.2) is 42.5 Å². The Labute approximate surface area is 158 Å². The van der Waals surface area contributed by atoms with Crippen molar-refractivity contribution in [1.29, 1.82) is 0 Å². The van der Waals surface area contributed by atoms with Gasteiger partial charge in [-0.1, -0.05) is 16.7 Å². The summed E-state index contributed by atoms with van der Waals surface area (Å²) >= 11 is 5.75. The SMILES string of the molecule is COC(=O)C(C)Oc1ccc(Oc2nnnn2-c2ccc(Cl)cc2F)cc1. The largest absolute Gasteiger partial charge is 0.479 e. The third-order valence-electron chi connectivity index (χ3n) is 3.46. The number of tetrazole rings is 1. The summed E-state index contributed by atoms with van der Waals surface area (Å²) in [5.41, 5.74) is 0.0891. The Morgan fingerprint density at radius 1 is 1.19 bits per heavy atom. The molecule has 0 aliphatic rings. The highest BCUT2D eigenvalue weighted by Gasteiger charge is 2.16. The molecule has 27 heavy (non-hydrogen) atoms. The van der Waals surface area contributed by atoms with E-state index in [1.165, 1.54) is 19.2 Å². The minimum atomic E-state index is -0.748. The Morgan fingerprint density at radius 2 is 1.89 bits per heavy atom. The molecule has 8 nitrogen and oxygen atoms in total. The van der Waals surface area contributed by atoms with Gasteiger partial charge in [-0.3, -0.25) is 0 Å². The fourth-order valence-corrected chi connectivity index (χ4v) is 2.32. The lowest BCUT2D eigenvalue weighted by Crippen LogP contribution is -2.24. The van der Waals surface area contributed by atoms with Gasteiger partial charge in [-0.25, -0.2) is 9.18 Å². The van der Waals surface area contributed by atoms with Crippen LogP contribution in [0.3, 0.4) is 0 Å². The maximum atomic E-state index is 14.1. The second kappa shape index (κ2) is 8.00. The number of hydrogen-bond acceptors (Lipinski definition) is 7. The molecule has 3 aromatic rings. The molecule has 1 unspecified atom stereocenters. The average molecular weight is 393 g/mol. The summed E-state index contributed by atoms with van der Waals surface area (Å²) in [6.45, 7) is 1.57. The van der Waals surface area contributed by atoms with Crippen LogP contribution < -0.4 is 9.47 Å². The lowest BCUT2D eigenvalue weighted by molar-refractivity contribution is -0.147. The third-order valence-corrected chi connectivity index (χ3v) is 3.69. The number of carbonyl (C=O) groups excluding carboxylic acids is 1. The topological polar surface area (TPSA) is 88.4 Å². The van der Waals surface area contributed by atoms with E-state index in [1.54, 1.807) is 31.2 Å². The van der Waals surface area contributed by atoms with Crippen LogP contribution in [0.25, 0.3) is 5.69 Å². The van der Waals surface area contributed by atoms with Crippen molar-refractivity contribution in [2.45, 2.75) is 13.0 Å². The second-order valence-corrected chi connectivity index (χ2v) is 5.76. The number of carbonyl (C=O) groups is 1. The summed E-state index contributed by atoms with van der Waals surface area (Å²) in [4.78, 5) is 11.4. The van der Waals surface area contributed by atoms with E-state index < -0.39 is 17.9 Å². The van der Waals surface area contributed by atoms with Crippen LogP contribution in [0.1, 0.15) is 6.92 Å². The van der Waals surface area contributed by atoms with E-state index in [1.807, 2.05) is 0 Å². The zero-order valence-electron chi connectivity index (χ0n) is 14.3. The van der Waals surface area contributed by atoms with Crippen molar-refractivity contribution < 1.29 is 23.4 Å². The van der Waals surface area contributed by atoms with Gasteiger partial charge in [0, 0.05) is 5.02 Å². The first-order valence-electron chi connectivity index (χ1n) is 7.74. The molecule has 0 radical (unpaired) electrons. The summed E-state index contributed by atoms with van der Waals surface area (Å²) in [7, 11) is 1.28. The molecule has 1 aromatic heterocycles. The van der Waals surface area contributed by atoms with Gasteiger partial charge in [-0.05, 0) is 59.8 Å². The lowest BCUT2D eigenvalue weighted by Gasteiger charge is -2.12. The van der Waals surface area contributed by atoms with E-state index in [0.717, 1.165) is 10.7 Å². The minimum absolute atomic E-state index is 0.0344. The van der Waals surface area contributed by atoms with Crippen molar-refractivity contribution >= 4 is 17.6 Å². The number of ether oxygens (including phenoxy) is 3. The molecule has 0 spiro atoms. The highest BCUT2D eigenvalue weighted by Crippen LogP contribution is 2.26. The fraction of sp³-hybridized carbons (Fsp3) is 0.176. The molecule has 1 heterocycles. The molecule has 2 aromatic carbocycles. The molecule has 0 bridgehead atoms. The zero-order chi connectivity index (χ0) is 19.4. The molecular formula is C17H14ClFN4O4. The van der Waals surface area contributed by atoms with Crippen LogP contribution >= 0.6 is 11.6 Å². The van der Waals surface area contributed by atoms with E-state index in [-0.39, 0.29) is 16.7 Å². The first-order valence-corrected chi connectivity index (χ1v) is 8.12. The van der Waals surface area contributed by atoms with Gasteiger partial charge in [0.25, 0.3) is 0 Å². The van der Waals surface area contributed by atoms with Crippen molar-refractivity contribution in [2.24, 2.45) is 0 Å². The fourth-order valence-electron chi connectivity index (χ4n) is 2.16. The number of methoxy groups -OCH3 is 1. The predicted molar refractivity (Wildman–Crippen MR) is 92.7 cm³/mol. The maximum absolute atomic E-state index is 14.1. The number of esters is 1. The lowest BCUT2D eigenvalue weighted by atomic mass is 10.3. The summed E-state index contributed by atoms with van der Waals surface area (Å²) in [5.74, 6) is -0.248. The second-order valence-electron chi connectivity index (χ2n) is 5.33. The number of benzene rings is 2. The number of hydrogen-bond donors (Lipinski definition) is 0. The van der Waals surface area contributed by atoms with Gasteiger partial charge in [-0.15, -0.1) is 0 Å². The number of nitrogens with zero attached hydrogens (tertiary/aromatic N) is 4. The Balaban J connectivity index is 1.75. The zero-order valence-corrected chi connectivity index (χ0v) is 15.1. The van der Waals surface area contributed by atoms with Crippen LogP contribution in [0.2, 0.25) is 5.02 Å².